The van der Waals surface area contributed by atoms with Crippen molar-refractivity contribution in [3.8, 4) is 5.75 Å². The zero-order chi connectivity index (χ0) is 20.4. The number of nitrogens with one attached hydrogen (secondary N) is 1. The molecule has 0 saturated carbocycles. The highest BCUT2D eigenvalue weighted by Crippen LogP contribution is 2.22. The molecule has 2 heterocycles. The summed E-state index contributed by atoms with van der Waals surface area (Å²) < 4.78 is 7.83. The van der Waals surface area contributed by atoms with E-state index in [1.165, 1.54) is 11.8 Å². The van der Waals surface area contributed by atoms with Gasteiger partial charge in [-0.1, -0.05) is 36.0 Å². The highest BCUT2D eigenvalue weighted by molar-refractivity contribution is 7.98. The number of ether oxygens (including phenoxy) is 1. The predicted octanol–water partition coefficient (Wildman–Crippen LogP) is 3.54. The lowest BCUT2D eigenvalue weighted by atomic mass is 10.1. The van der Waals surface area contributed by atoms with Gasteiger partial charge in [-0.15, -0.1) is 10.2 Å². The number of fused-ring (bicyclic) bond motifs is 1. The van der Waals surface area contributed by atoms with Crippen LogP contribution in [0.25, 0.3) is 10.9 Å². The zero-order valence-electron chi connectivity index (χ0n) is 16.5. The molecule has 7 nitrogen and oxygen atoms in total. The molecule has 1 N–H and O–H groups in total. The van der Waals surface area contributed by atoms with Crippen LogP contribution in [0.15, 0.2) is 52.4 Å². The molecule has 0 saturated heterocycles. The minimum absolute atomic E-state index is 0.133. The first kappa shape index (κ1) is 19.2. The lowest BCUT2D eigenvalue weighted by Gasteiger charge is -2.10. The predicted molar refractivity (Wildman–Crippen MR) is 113 cm³/mol. The zero-order valence-corrected chi connectivity index (χ0v) is 17.3. The van der Waals surface area contributed by atoms with E-state index in [1.54, 1.807) is 6.07 Å². The van der Waals surface area contributed by atoms with Gasteiger partial charge in [0.05, 0.1) is 16.7 Å². The van der Waals surface area contributed by atoms with Gasteiger partial charge in [-0.25, -0.2) is 4.98 Å². The first-order chi connectivity index (χ1) is 14.0. The Morgan fingerprint density at radius 3 is 2.83 bits per heavy atom. The van der Waals surface area contributed by atoms with Gasteiger partial charge in [-0.05, 0) is 43.2 Å². The normalized spacial score (nSPS) is 11.1. The second-order valence-electron chi connectivity index (χ2n) is 6.83. The van der Waals surface area contributed by atoms with Gasteiger partial charge in [0.25, 0.3) is 5.56 Å². The largest absolute Gasteiger partial charge is 0.485 e. The third-order valence-electron chi connectivity index (χ3n) is 4.63. The molecule has 4 aromatic rings. The number of rotatable bonds is 6. The number of aromatic nitrogens is 5. The van der Waals surface area contributed by atoms with Crippen molar-refractivity contribution >= 4 is 22.7 Å². The van der Waals surface area contributed by atoms with E-state index in [0.29, 0.717) is 29.1 Å². The number of aryl methyl sites for hydroxylation is 2. The van der Waals surface area contributed by atoms with Crippen molar-refractivity contribution in [3.05, 3.63) is 75.6 Å². The number of benzene rings is 2. The maximum atomic E-state index is 12.2. The molecule has 0 aliphatic heterocycles. The molecule has 148 valence electrons. The second-order valence-corrected chi connectivity index (χ2v) is 7.78. The van der Waals surface area contributed by atoms with Gasteiger partial charge in [0.2, 0.25) is 0 Å². The average Bonchev–Trinajstić information content (AvgIpc) is 3.07. The number of para-hydroxylation sites is 1. The summed E-state index contributed by atoms with van der Waals surface area (Å²) in [7, 11) is 1.90. The Balaban J connectivity index is 1.45. The Morgan fingerprint density at radius 1 is 1.14 bits per heavy atom. The van der Waals surface area contributed by atoms with Gasteiger partial charge in [0.15, 0.2) is 11.0 Å². The van der Waals surface area contributed by atoms with Crippen molar-refractivity contribution in [1.82, 2.24) is 24.7 Å². The van der Waals surface area contributed by atoms with E-state index in [0.717, 1.165) is 27.9 Å². The molecule has 0 atom stereocenters. The molecule has 29 heavy (non-hydrogen) atoms. The number of aromatic amines is 1. The van der Waals surface area contributed by atoms with Crippen LogP contribution >= 0.6 is 11.8 Å². The Hall–Kier alpha value is -3.13. The number of nitrogens with zero attached hydrogens (tertiary/aromatic N) is 4. The summed E-state index contributed by atoms with van der Waals surface area (Å²) in [5, 5.41) is 9.81. The topological polar surface area (TPSA) is 85.7 Å². The molecule has 8 heteroatoms. The fraction of sp³-hybridized carbons (Fsp3) is 0.238. The van der Waals surface area contributed by atoms with Gasteiger partial charge in [0.1, 0.15) is 18.2 Å². The summed E-state index contributed by atoms with van der Waals surface area (Å²) in [6, 6.07) is 13.4. The molecule has 0 aliphatic carbocycles. The van der Waals surface area contributed by atoms with Crippen LogP contribution in [0, 0.1) is 13.8 Å². The van der Waals surface area contributed by atoms with Crippen molar-refractivity contribution in [3.63, 3.8) is 0 Å². The van der Waals surface area contributed by atoms with Gasteiger partial charge >= 0.3 is 0 Å². The first-order valence-corrected chi connectivity index (χ1v) is 10.2. The Bertz CT molecular complexity index is 1230. The van der Waals surface area contributed by atoms with Crippen molar-refractivity contribution < 1.29 is 4.74 Å². The maximum absolute atomic E-state index is 12.2. The average molecular weight is 407 g/mol. The van der Waals surface area contributed by atoms with E-state index in [-0.39, 0.29) is 5.56 Å². The van der Waals surface area contributed by atoms with Crippen LogP contribution in [0.4, 0.5) is 0 Å². The van der Waals surface area contributed by atoms with Crippen molar-refractivity contribution in [2.45, 2.75) is 31.4 Å². The fourth-order valence-electron chi connectivity index (χ4n) is 2.94. The monoisotopic (exact) mass is 407 g/mol. The summed E-state index contributed by atoms with van der Waals surface area (Å²) in [6.45, 7) is 4.39. The van der Waals surface area contributed by atoms with Crippen molar-refractivity contribution in [1.29, 1.82) is 0 Å². The fourth-order valence-corrected chi connectivity index (χ4v) is 3.74. The molecule has 2 aromatic carbocycles. The van der Waals surface area contributed by atoms with Crippen LogP contribution < -0.4 is 10.3 Å². The second kappa shape index (κ2) is 8.08. The number of H-pyrrole nitrogens is 1. The molecule has 0 aliphatic rings. The van der Waals surface area contributed by atoms with Crippen LogP contribution in [0.5, 0.6) is 5.75 Å². The lowest BCUT2D eigenvalue weighted by Crippen LogP contribution is -2.11. The molecular formula is C21H21N5O2S. The number of thioether (sulfide) groups is 1. The van der Waals surface area contributed by atoms with Crippen LogP contribution in [-0.4, -0.2) is 24.7 Å². The molecule has 0 unspecified atom stereocenters. The van der Waals surface area contributed by atoms with E-state index in [2.05, 4.69) is 26.2 Å². The van der Waals surface area contributed by atoms with E-state index >= 15 is 0 Å². The number of hydrogen-bond donors (Lipinski definition) is 1. The molecule has 0 spiro atoms. The lowest BCUT2D eigenvalue weighted by molar-refractivity contribution is 0.288. The maximum Gasteiger partial charge on any atom is 0.258 e. The smallest absolute Gasteiger partial charge is 0.258 e. The van der Waals surface area contributed by atoms with Crippen LogP contribution in [0.3, 0.4) is 0 Å². The SMILES string of the molecule is Cc1ccc(C)c(OCc2nnc(SCc3nc4ccccc4c(=O)[nH]3)n2C)c1. The molecule has 0 radical (unpaired) electrons. The summed E-state index contributed by atoms with van der Waals surface area (Å²) >= 11 is 1.47. The van der Waals surface area contributed by atoms with Gasteiger partial charge in [0, 0.05) is 7.05 Å². The van der Waals surface area contributed by atoms with Crippen LogP contribution in [0.2, 0.25) is 0 Å². The van der Waals surface area contributed by atoms with Crippen LogP contribution in [0.1, 0.15) is 22.8 Å². The molecule has 4 rings (SSSR count). The Labute approximate surface area is 172 Å². The number of hydrogen-bond acceptors (Lipinski definition) is 6. The van der Waals surface area contributed by atoms with Crippen LogP contribution in [-0.2, 0) is 19.4 Å². The summed E-state index contributed by atoms with van der Waals surface area (Å²) in [6.07, 6.45) is 0. The summed E-state index contributed by atoms with van der Waals surface area (Å²) in [5.74, 6) is 2.67. The highest BCUT2D eigenvalue weighted by atomic mass is 32.2. The summed E-state index contributed by atoms with van der Waals surface area (Å²) in [4.78, 5) is 19.6. The van der Waals surface area contributed by atoms with E-state index in [9.17, 15) is 4.79 Å². The molecule has 0 fully saturated rings. The van der Waals surface area contributed by atoms with E-state index in [4.69, 9.17) is 4.74 Å². The minimum Gasteiger partial charge on any atom is -0.485 e. The standard InChI is InChI=1S/C21H21N5O2S/c1-13-8-9-14(2)17(10-13)28-11-19-24-25-21(26(19)3)29-12-18-22-16-7-5-4-6-15(16)20(27)23-18/h4-10H,11-12H2,1-3H3,(H,22,23,27). The van der Waals surface area contributed by atoms with Gasteiger partial charge < -0.3 is 14.3 Å². The minimum atomic E-state index is -0.133. The molecule has 2 aromatic heterocycles. The summed E-state index contributed by atoms with van der Waals surface area (Å²) in [5.41, 5.74) is 2.79. The Kier molecular flexibility index (Phi) is 5.35. The highest BCUT2D eigenvalue weighted by Gasteiger charge is 2.12. The Morgan fingerprint density at radius 2 is 1.97 bits per heavy atom. The van der Waals surface area contributed by atoms with Gasteiger partial charge in [-0.3, -0.25) is 4.79 Å². The van der Waals surface area contributed by atoms with E-state index in [1.807, 2.05) is 55.8 Å². The quantitative estimate of drug-likeness (QED) is 0.492. The third kappa shape index (κ3) is 4.17. The van der Waals surface area contributed by atoms with Crippen molar-refractivity contribution in [2.75, 3.05) is 0 Å². The van der Waals surface area contributed by atoms with Gasteiger partial charge in [-0.2, -0.15) is 0 Å². The molecule has 0 amide bonds. The molecule has 0 bridgehead atoms. The van der Waals surface area contributed by atoms with Crippen molar-refractivity contribution in [2.24, 2.45) is 7.05 Å². The van der Waals surface area contributed by atoms with E-state index < -0.39 is 0 Å². The first-order valence-electron chi connectivity index (χ1n) is 9.20. The third-order valence-corrected chi connectivity index (χ3v) is 5.66. The molecular weight excluding hydrogens is 386 g/mol.